The molecular weight excluding hydrogens is 506 g/mol. The minimum absolute atomic E-state index is 0.0456. The van der Waals surface area contributed by atoms with Gasteiger partial charge in [-0.3, -0.25) is 19.4 Å². The Labute approximate surface area is 223 Å². The molecule has 1 unspecified atom stereocenters. The van der Waals surface area contributed by atoms with Crippen LogP contribution in [0, 0.1) is 0 Å². The average molecular weight is 532 g/mol. The number of para-hydroxylation sites is 1. The maximum absolute atomic E-state index is 13.4. The Hall–Kier alpha value is -4.38. The highest BCUT2D eigenvalue weighted by atomic mass is 32.2. The highest BCUT2D eigenvalue weighted by Crippen LogP contribution is 2.34. The van der Waals surface area contributed by atoms with Gasteiger partial charge in [0, 0.05) is 17.7 Å². The molecule has 0 spiro atoms. The van der Waals surface area contributed by atoms with Gasteiger partial charge in [0.15, 0.2) is 5.17 Å². The number of amidine groups is 2. The maximum atomic E-state index is 13.4. The number of aliphatic imine (C=N–C) groups is 2. The van der Waals surface area contributed by atoms with Gasteiger partial charge in [-0.05, 0) is 55.0 Å². The van der Waals surface area contributed by atoms with Crippen LogP contribution in [0.5, 0.6) is 5.75 Å². The number of carbonyl (C=O) groups excluding carboxylic acids is 3. The fraction of sp³-hybridized carbons (Fsp3) is 0.222. The van der Waals surface area contributed by atoms with Crippen LogP contribution in [-0.2, 0) is 20.9 Å². The molecule has 0 radical (unpaired) electrons. The Kier molecular flexibility index (Phi) is 7.55. The van der Waals surface area contributed by atoms with Crippen molar-refractivity contribution in [2.45, 2.75) is 25.4 Å². The molecule has 3 heterocycles. The first-order chi connectivity index (χ1) is 18.5. The van der Waals surface area contributed by atoms with E-state index in [4.69, 9.17) is 9.15 Å². The Balaban J connectivity index is 1.24. The lowest BCUT2D eigenvalue weighted by molar-refractivity contribution is -0.125. The minimum Gasteiger partial charge on any atom is -0.497 e. The van der Waals surface area contributed by atoms with Gasteiger partial charge in [0.25, 0.3) is 5.91 Å². The molecule has 2 N–H and O–H groups in total. The molecule has 0 bridgehead atoms. The van der Waals surface area contributed by atoms with Gasteiger partial charge in [-0.1, -0.05) is 23.9 Å². The number of fused-ring (bicyclic) bond motifs is 3. The fourth-order valence-corrected chi connectivity index (χ4v) is 4.84. The van der Waals surface area contributed by atoms with E-state index in [-0.39, 0.29) is 42.9 Å². The number of nitrogens with one attached hydrogen (secondary N) is 2. The number of hydrogen-bond donors (Lipinski definition) is 2. The Morgan fingerprint density at radius 2 is 1.89 bits per heavy atom. The van der Waals surface area contributed by atoms with Crippen molar-refractivity contribution in [2.75, 3.05) is 18.2 Å². The first-order valence-electron chi connectivity index (χ1n) is 12.0. The zero-order valence-electron chi connectivity index (χ0n) is 20.5. The lowest BCUT2D eigenvalue weighted by Gasteiger charge is -2.25. The van der Waals surface area contributed by atoms with Crippen LogP contribution in [0.4, 0.5) is 11.4 Å². The number of amides is 3. The van der Waals surface area contributed by atoms with E-state index < -0.39 is 6.04 Å². The smallest absolute Gasteiger partial charge is 0.259 e. The monoisotopic (exact) mass is 531 g/mol. The van der Waals surface area contributed by atoms with Crippen LogP contribution in [0.15, 0.2) is 81.3 Å². The van der Waals surface area contributed by atoms with E-state index in [0.29, 0.717) is 33.9 Å². The van der Waals surface area contributed by atoms with Crippen molar-refractivity contribution in [1.29, 1.82) is 0 Å². The number of ether oxygens (including phenoxy) is 1. The quantitative estimate of drug-likeness (QED) is 0.434. The van der Waals surface area contributed by atoms with Gasteiger partial charge >= 0.3 is 0 Å². The second-order valence-electron chi connectivity index (χ2n) is 8.51. The second-order valence-corrected chi connectivity index (χ2v) is 9.46. The zero-order chi connectivity index (χ0) is 26.5. The molecule has 3 aromatic rings. The number of rotatable bonds is 9. The first kappa shape index (κ1) is 25.3. The van der Waals surface area contributed by atoms with Crippen molar-refractivity contribution >= 4 is 51.9 Å². The van der Waals surface area contributed by atoms with Crippen LogP contribution in [0.2, 0.25) is 0 Å². The first-order valence-corrected chi connectivity index (χ1v) is 13.0. The molecule has 0 fully saturated rings. The second kappa shape index (κ2) is 11.3. The highest BCUT2D eigenvalue weighted by Gasteiger charge is 2.41. The van der Waals surface area contributed by atoms with Crippen molar-refractivity contribution < 1.29 is 23.5 Å². The molecule has 10 nitrogen and oxygen atoms in total. The predicted molar refractivity (Wildman–Crippen MR) is 145 cm³/mol. The topological polar surface area (TPSA) is 126 Å². The summed E-state index contributed by atoms with van der Waals surface area (Å²) in [6, 6.07) is 17.2. The Morgan fingerprint density at radius 1 is 1.08 bits per heavy atom. The molecule has 2 aromatic carbocycles. The third kappa shape index (κ3) is 5.62. The van der Waals surface area contributed by atoms with Crippen LogP contribution >= 0.6 is 11.8 Å². The molecule has 0 saturated carbocycles. The minimum atomic E-state index is -0.718. The van der Waals surface area contributed by atoms with E-state index in [1.165, 1.54) is 4.90 Å². The van der Waals surface area contributed by atoms with Crippen LogP contribution in [0.1, 0.15) is 24.2 Å². The van der Waals surface area contributed by atoms with Gasteiger partial charge in [0.2, 0.25) is 11.8 Å². The summed E-state index contributed by atoms with van der Waals surface area (Å²) in [4.78, 5) is 49.1. The summed E-state index contributed by atoms with van der Waals surface area (Å²) >= 11 is 1.16. The summed E-state index contributed by atoms with van der Waals surface area (Å²) in [7, 11) is 1.58. The largest absolute Gasteiger partial charge is 0.497 e. The molecule has 3 amide bonds. The third-order valence-electron chi connectivity index (χ3n) is 5.94. The fourth-order valence-electron chi connectivity index (χ4n) is 4.04. The number of benzene rings is 2. The van der Waals surface area contributed by atoms with Crippen molar-refractivity contribution in [3.05, 3.63) is 78.3 Å². The lowest BCUT2D eigenvalue weighted by atomic mass is 10.1. The molecule has 1 atom stereocenters. The zero-order valence-corrected chi connectivity index (χ0v) is 21.4. The van der Waals surface area contributed by atoms with Crippen LogP contribution in [0.25, 0.3) is 0 Å². The maximum Gasteiger partial charge on any atom is 0.259 e. The van der Waals surface area contributed by atoms with E-state index in [9.17, 15) is 14.4 Å². The van der Waals surface area contributed by atoms with E-state index in [2.05, 4.69) is 20.6 Å². The predicted octanol–water partition coefficient (Wildman–Crippen LogP) is 3.72. The number of carbonyl (C=O) groups is 3. The van der Waals surface area contributed by atoms with Crippen molar-refractivity contribution in [3.8, 4) is 5.75 Å². The van der Waals surface area contributed by atoms with Gasteiger partial charge in [-0.25, -0.2) is 9.89 Å². The average Bonchev–Trinajstić information content (AvgIpc) is 3.58. The molecule has 0 saturated heterocycles. The van der Waals surface area contributed by atoms with Crippen molar-refractivity contribution in [3.63, 3.8) is 0 Å². The van der Waals surface area contributed by atoms with E-state index in [1.807, 2.05) is 24.3 Å². The van der Waals surface area contributed by atoms with Gasteiger partial charge < -0.3 is 19.8 Å². The van der Waals surface area contributed by atoms with E-state index in [1.54, 1.807) is 49.8 Å². The van der Waals surface area contributed by atoms with Gasteiger partial charge in [0.1, 0.15) is 23.4 Å². The normalized spacial score (nSPS) is 15.8. The number of nitrogens with zero attached hydrogens (tertiary/aromatic N) is 3. The van der Waals surface area contributed by atoms with E-state index in [0.717, 1.165) is 17.3 Å². The van der Waals surface area contributed by atoms with Crippen molar-refractivity contribution in [1.82, 2.24) is 10.2 Å². The molecular formula is C27H25N5O5S. The van der Waals surface area contributed by atoms with Crippen LogP contribution in [-0.4, -0.2) is 52.5 Å². The molecule has 1 aromatic heterocycles. The summed E-state index contributed by atoms with van der Waals surface area (Å²) in [5.74, 6) is 1.17. The van der Waals surface area contributed by atoms with Crippen LogP contribution < -0.4 is 15.4 Å². The number of thioether (sulfide) groups is 1. The molecule has 194 valence electrons. The summed E-state index contributed by atoms with van der Waals surface area (Å²) in [5.41, 5.74) is 2.04. The molecule has 38 heavy (non-hydrogen) atoms. The molecule has 2 aliphatic heterocycles. The number of furan rings is 1. The van der Waals surface area contributed by atoms with Crippen molar-refractivity contribution in [2.24, 2.45) is 9.98 Å². The molecule has 0 aliphatic carbocycles. The third-order valence-corrected chi connectivity index (χ3v) is 6.88. The molecule has 5 rings (SSSR count). The molecule has 2 aliphatic rings. The SMILES string of the molecule is COc1ccc(NC(=O)CSC2=Nc3ccccc3C3=NC(CCC(=O)NCc4ccco4)C(=O)N23)cc1. The number of hydrogen-bond acceptors (Lipinski definition) is 8. The Bertz CT molecular complexity index is 1400. The summed E-state index contributed by atoms with van der Waals surface area (Å²) < 4.78 is 10.4. The number of methoxy groups -OCH3 is 1. The summed E-state index contributed by atoms with van der Waals surface area (Å²) in [5, 5.41) is 5.99. The van der Waals surface area contributed by atoms with Gasteiger partial charge in [-0.15, -0.1) is 0 Å². The highest BCUT2D eigenvalue weighted by molar-refractivity contribution is 8.14. The van der Waals surface area contributed by atoms with Gasteiger partial charge in [-0.2, -0.15) is 0 Å². The standard InChI is InChI=1S/C27H25N5O5S/c1-36-18-10-8-17(9-11-18)29-24(34)16-38-27-31-21-7-3-2-6-20(21)25-30-22(26(35)32(25)27)12-13-23(33)28-15-19-5-4-14-37-19/h2-11,14,22H,12-13,15-16H2,1H3,(H,28,33)(H,29,34). The van der Waals surface area contributed by atoms with Gasteiger partial charge in [0.05, 0.1) is 31.4 Å². The number of anilines is 1. The molecule has 11 heteroatoms. The Morgan fingerprint density at radius 3 is 2.66 bits per heavy atom. The van der Waals surface area contributed by atoms with E-state index >= 15 is 0 Å². The summed E-state index contributed by atoms with van der Waals surface area (Å²) in [6.07, 6.45) is 1.93. The van der Waals surface area contributed by atoms with Crippen LogP contribution in [0.3, 0.4) is 0 Å². The summed E-state index contributed by atoms with van der Waals surface area (Å²) in [6.45, 7) is 0.282. The lowest BCUT2D eigenvalue weighted by Crippen LogP contribution is -2.41.